The number of rotatable bonds is 8. The van der Waals surface area contributed by atoms with Crippen molar-refractivity contribution in [2.45, 2.75) is 9.79 Å². The van der Waals surface area contributed by atoms with Crippen molar-refractivity contribution in [1.29, 1.82) is 0 Å². The second-order valence-electron chi connectivity index (χ2n) is 7.39. The van der Waals surface area contributed by atoms with Crippen molar-refractivity contribution >= 4 is 84.1 Å². The van der Waals surface area contributed by atoms with Crippen LogP contribution >= 0.6 is 46.4 Å². The topological polar surface area (TPSA) is 133 Å². The number of hydrogen-bond donors (Lipinski definition) is 0. The molecule has 10 nitrogen and oxygen atoms in total. The van der Waals surface area contributed by atoms with Gasteiger partial charge in [-0.3, -0.25) is 0 Å². The van der Waals surface area contributed by atoms with Gasteiger partial charge in [0.15, 0.2) is 0 Å². The van der Waals surface area contributed by atoms with Crippen LogP contribution in [0, 0.1) is 0 Å². The summed E-state index contributed by atoms with van der Waals surface area (Å²) in [5, 5.41) is -1.53. The Morgan fingerprint density at radius 2 is 1.08 bits per heavy atom. The molecule has 208 valence electrons. The number of anilines is 1. The lowest BCUT2D eigenvalue weighted by atomic mass is 10.2. The molecule has 0 fully saturated rings. The van der Waals surface area contributed by atoms with Gasteiger partial charge in [0.1, 0.15) is 21.2 Å². The van der Waals surface area contributed by atoms with Gasteiger partial charge < -0.3 is 14.2 Å². The summed E-state index contributed by atoms with van der Waals surface area (Å²) in [6, 6.07) is 8.70. The number of nitrogens with zero attached hydrogens (tertiary/aromatic N) is 1. The molecule has 39 heavy (non-hydrogen) atoms. The molecule has 0 N–H and O–H groups in total. The normalized spacial score (nSPS) is 11.6. The first-order valence-corrected chi connectivity index (χ1v) is 14.7. The number of carbonyl (C=O) groups excluding carboxylic acids is 2. The highest BCUT2D eigenvalue weighted by atomic mass is 35.5. The predicted molar refractivity (Wildman–Crippen MR) is 145 cm³/mol. The zero-order valence-electron chi connectivity index (χ0n) is 20.1. The van der Waals surface area contributed by atoms with Gasteiger partial charge in [-0.25, -0.2) is 9.59 Å². The van der Waals surface area contributed by atoms with Crippen molar-refractivity contribution < 1.29 is 40.6 Å². The summed E-state index contributed by atoms with van der Waals surface area (Å²) < 4.78 is 71.0. The minimum Gasteiger partial charge on any atom is -0.495 e. The van der Waals surface area contributed by atoms with E-state index in [1.54, 1.807) is 0 Å². The summed E-state index contributed by atoms with van der Waals surface area (Å²) in [5.41, 5.74) is -1.29. The van der Waals surface area contributed by atoms with Gasteiger partial charge in [-0.15, -0.1) is 0 Å². The Bertz CT molecular complexity index is 1590. The summed E-state index contributed by atoms with van der Waals surface area (Å²) in [4.78, 5) is 22.8. The maximum absolute atomic E-state index is 14.1. The first-order valence-electron chi connectivity index (χ1n) is 10.3. The molecule has 0 radical (unpaired) electrons. The molecular formula is C23H17Cl4NO9S2. The van der Waals surface area contributed by atoms with Crippen LogP contribution in [0.25, 0.3) is 0 Å². The standard InChI is InChI=1S/C23H17Cl4NO9S2/c1-35-19-7-5-4-6-18(19)28(38(31,32)20-8-12(22(29)36-2)14(24)10-16(20)26)39(33,34)21-9-13(23(30)37-3)15(25)11-17(21)27/h4-11H,1-3H3. The molecule has 0 heterocycles. The van der Waals surface area contributed by atoms with Crippen LogP contribution < -0.4 is 8.45 Å². The third-order valence-corrected chi connectivity index (χ3v) is 10.8. The highest BCUT2D eigenvalue weighted by Gasteiger charge is 2.42. The van der Waals surface area contributed by atoms with E-state index in [0.29, 0.717) is 0 Å². The zero-order valence-corrected chi connectivity index (χ0v) is 24.7. The van der Waals surface area contributed by atoms with Gasteiger partial charge in [-0.2, -0.15) is 20.5 Å². The second-order valence-corrected chi connectivity index (χ2v) is 12.8. The summed E-state index contributed by atoms with van der Waals surface area (Å²) in [5.74, 6) is -2.20. The van der Waals surface area contributed by atoms with E-state index in [-0.39, 0.29) is 19.5 Å². The number of halogens is 4. The lowest BCUT2D eigenvalue weighted by Crippen LogP contribution is -2.38. The largest absolute Gasteiger partial charge is 0.495 e. The summed E-state index contributed by atoms with van der Waals surface area (Å²) in [6.07, 6.45) is 0. The molecule has 3 rings (SSSR count). The molecule has 0 saturated heterocycles. The minimum absolute atomic E-state index is 0.00515. The van der Waals surface area contributed by atoms with E-state index in [4.69, 9.17) is 51.1 Å². The first-order chi connectivity index (χ1) is 18.2. The van der Waals surface area contributed by atoms with Crippen LogP contribution in [0.3, 0.4) is 0 Å². The average molecular weight is 657 g/mol. The Hall–Kier alpha value is -2.74. The molecule has 0 aliphatic carbocycles. The van der Waals surface area contributed by atoms with E-state index in [1.807, 2.05) is 0 Å². The van der Waals surface area contributed by atoms with E-state index in [0.717, 1.165) is 44.6 Å². The van der Waals surface area contributed by atoms with Crippen molar-refractivity contribution in [3.8, 4) is 5.75 Å². The minimum atomic E-state index is -5.21. The van der Waals surface area contributed by atoms with Crippen LogP contribution in [-0.2, 0) is 29.5 Å². The molecule has 3 aromatic rings. The van der Waals surface area contributed by atoms with Crippen LogP contribution in [0.5, 0.6) is 5.75 Å². The van der Waals surface area contributed by atoms with Gasteiger partial charge in [0.05, 0.1) is 52.5 Å². The monoisotopic (exact) mass is 655 g/mol. The van der Waals surface area contributed by atoms with Gasteiger partial charge in [-0.05, 0) is 36.4 Å². The molecule has 0 spiro atoms. The molecular weight excluding hydrogens is 640 g/mol. The summed E-state index contributed by atoms with van der Waals surface area (Å²) in [6.45, 7) is 0. The van der Waals surface area contributed by atoms with Crippen molar-refractivity contribution in [2.75, 3.05) is 25.0 Å². The molecule has 0 aliphatic rings. The fraction of sp³-hybridized carbons (Fsp3) is 0.130. The van der Waals surface area contributed by atoms with Gasteiger partial charge in [0, 0.05) is 0 Å². The number of ether oxygens (including phenoxy) is 3. The Labute approximate surface area is 244 Å². The predicted octanol–water partition coefficient (Wildman–Crippen LogP) is 5.47. The van der Waals surface area contributed by atoms with Crippen LogP contribution in [-0.4, -0.2) is 50.1 Å². The fourth-order valence-corrected chi connectivity index (χ4v) is 8.68. The van der Waals surface area contributed by atoms with Crippen LogP contribution in [0.2, 0.25) is 20.1 Å². The van der Waals surface area contributed by atoms with Crippen molar-refractivity contribution in [3.05, 3.63) is 79.7 Å². The number of para-hydroxylation sites is 2. The quantitative estimate of drug-likeness (QED) is 0.290. The fourth-order valence-electron chi connectivity index (χ4n) is 3.33. The third-order valence-electron chi connectivity index (χ3n) is 5.13. The molecule has 0 saturated carbocycles. The average Bonchev–Trinajstić information content (AvgIpc) is 2.87. The van der Waals surface area contributed by atoms with Gasteiger partial charge in [0.2, 0.25) is 0 Å². The lowest BCUT2D eigenvalue weighted by Gasteiger charge is -2.26. The summed E-state index contributed by atoms with van der Waals surface area (Å²) in [7, 11) is -7.16. The number of carbonyl (C=O) groups is 2. The van der Waals surface area contributed by atoms with Crippen LogP contribution in [0.1, 0.15) is 20.7 Å². The number of methoxy groups -OCH3 is 3. The van der Waals surface area contributed by atoms with Gasteiger partial charge in [0.25, 0.3) is 20.0 Å². The van der Waals surface area contributed by atoms with Crippen molar-refractivity contribution in [2.24, 2.45) is 0 Å². The van der Waals surface area contributed by atoms with Gasteiger partial charge >= 0.3 is 11.9 Å². The van der Waals surface area contributed by atoms with Gasteiger partial charge in [-0.1, -0.05) is 58.5 Å². The van der Waals surface area contributed by atoms with E-state index >= 15 is 0 Å². The van der Waals surface area contributed by atoms with E-state index in [2.05, 4.69) is 9.47 Å². The van der Waals surface area contributed by atoms with Crippen LogP contribution in [0.15, 0.2) is 58.3 Å². The summed E-state index contributed by atoms with van der Waals surface area (Å²) >= 11 is 24.5. The molecule has 0 unspecified atom stereocenters. The lowest BCUT2D eigenvalue weighted by molar-refractivity contribution is 0.0591. The molecule has 0 aliphatic heterocycles. The molecule has 0 aromatic heterocycles. The zero-order chi connectivity index (χ0) is 29.3. The molecule has 3 aromatic carbocycles. The smallest absolute Gasteiger partial charge is 0.339 e. The van der Waals surface area contributed by atoms with E-state index < -0.39 is 68.6 Å². The number of sulfonamides is 2. The first kappa shape index (κ1) is 30.8. The number of hydrogen-bond acceptors (Lipinski definition) is 9. The maximum atomic E-state index is 14.1. The SMILES string of the molecule is COC(=O)c1cc(S(=O)(=O)N(c2ccccc2OC)S(=O)(=O)c2cc(C(=O)OC)c(Cl)cc2Cl)c(Cl)cc1Cl. The van der Waals surface area contributed by atoms with E-state index in [9.17, 15) is 26.4 Å². The highest BCUT2D eigenvalue weighted by molar-refractivity contribution is 8.10. The van der Waals surface area contributed by atoms with Crippen molar-refractivity contribution in [3.63, 3.8) is 0 Å². The molecule has 0 amide bonds. The maximum Gasteiger partial charge on any atom is 0.339 e. The Balaban J connectivity index is 2.45. The van der Waals surface area contributed by atoms with E-state index in [1.165, 1.54) is 25.3 Å². The molecule has 16 heteroatoms. The van der Waals surface area contributed by atoms with Crippen LogP contribution in [0.4, 0.5) is 5.69 Å². The Kier molecular flexibility index (Phi) is 9.31. The second kappa shape index (κ2) is 11.8. The highest BCUT2D eigenvalue weighted by Crippen LogP contribution is 2.41. The number of benzene rings is 3. The van der Waals surface area contributed by atoms with Crippen molar-refractivity contribution in [1.82, 2.24) is 0 Å². The molecule has 0 atom stereocenters. The molecule has 0 bridgehead atoms. The number of esters is 2. The third kappa shape index (κ3) is 5.76. The Morgan fingerprint density at radius 1 is 0.667 bits per heavy atom. The Morgan fingerprint density at radius 3 is 1.46 bits per heavy atom.